The summed E-state index contributed by atoms with van der Waals surface area (Å²) in [5.41, 5.74) is 12.3. The second-order valence-electron chi connectivity index (χ2n) is 14.4. The summed E-state index contributed by atoms with van der Waals surface area (Å²) in [5.74, 6) is 0. The molecule has 0 saturated carbocycles. The molecule has 0 aliphatic rings. The fourth-order valence-corrected chi connectivity index (χ4v) is 8.94. The van der Waals surface area contributed by atoms with Crippen molar-refractivity contribution >= 4 is 93.5 Å². The van der Waals surface area contributed by atoms with Crippen molar-refractivity contribution in [1.29, 1.82) is 0 Å². The molecule has 56 heavy (non-hydrogen) atoms. The Bertz CT molecular complexity index is 3480. The fraction of sp³-hybridized carbons (Fsp3) is 0. The number of hydrogen-bond donors (Lipinski definition) is 0. The van der Waals surface area contributed by atoms with E-state index in [1.807, 2.05) is 12.1 Å². The highest BCUT2D eigenvalue weighted by atomic mass is 16.3. The van der Waals surface area contributed by atoms with E-state index in [9.17, 15) is 0 Å². The Balaban J connectivity index is 1.10. The van der Waals surface area contributed by atoms with Gasteiger partial charge in [0.05, 0.1) is 27.8 Å². The second kappa shape index (κ2) is 12.0. The molecule has 0 atom stereocenters. The zero-order valence-electron chi connectivity index (χ0n) is 30.2. The van der Waals surface area contributed by atoms with Gasteiger partial charge in [0.2, 0.25) is 0 Å². The molecule has 3 heterocycles. The Morgan fingerprint density at radius 3 is 1.89 bits per heavy atom. The van der Waals surface area contributed by atoms with Crippen LogP contribution in [0.1, 0.15) is 0 Å². The van der Waals surface area contributed by atoms with Gasteiger partial charge in [0, 0.05) is 49.3 Å². The topological polar surface area (TPSA) is 34.5 Å². The number of nitrogens with zero attached hydrogens (tertiary/aromatic N) is 2. The lowest BCUT2D eigenvalue weighted by atomic mass is 10.0. The summed E-state index contributed by atoms with van der Waals surface area (Å²) in [7, 11) is 0. The van der Waals surface area contributed by atoms with Crippen LogP contribution in [0.15, 0.2) is 203 Å². The summed E-state index contributed by atoms with van der Waals surface area (Å²) in [6, 6.07) is 68.9. The summed E-state index contributed by atoms with van der Waals surface area (Å²) in [5, 5.41) is 9.09. The van der Waals surface area contributed by atoms with Gasteiger partial charge >= 0.3 is 0 Å². The van der Waals surface area contributed by atoms with Crippen LogP contribution in [-0.4, -0.2) is 4.57 Å². The Hall–Kier alpha value is -7.56. The Morgan fingerprint density at radius 2 is 1.02 bits per heavy atom. The third-order valence-electron chi connectivity index (χ3n) is 11.4. The second-order valence-corrected chi connectivity index (χ2v) is 14.4. The molecule has 0 spiro atoms. The van der Waals surface area contributed by atoms with E-state index in [2.05, 4.69) is 191 Å². The van der Waals surface area contributed by atoms with Gasteiger partial charge in [-0.25, -0.2) is 0 Å². The lowest BCUT2D eigenvalue weighted by Gasteiger charge is -2.27. The summed E-state index contributed by atoms with van der Waals surface area (Å²) >= 11 is 0. The van der Waals surface area contributed by atoms with Gasteiger partial charge in [0.15, 0.2) is 0 Å². The quantitative estimate of drug-likeness (QED) is 0.178. The van der Waals surface area contributed by atoms with Crippen molar-refractivity contribution in [1.82, 2.24) is 4.57 Å². The van der Waals surface area contributed by atoms with Crippen LogP contribution in [0.2, 0.25) is 0 Å². The average molecular weight is 717 g/mol. The summed E-state index contributed by atoms with van der Waals surface area (Å²) < 4.78 is 15.6. The minimum Gasteiger partial charge on any atom is -0.456 e. The lowest BCUT2D eigenvalue weighted by Crippen LogP contribution is -2.11. The third kappa shape index (κ3) is 4.47. The van der Waals surface area contributed by atoms with Gasteiger partial charge in [0.1, 0.15) is 22.3 Å². The van der Waals surface area contributed by atoms with E-state index < -0.39 is 0 Å². The molecule has 0 fully saturated rings. The van der Waals surface area contributed by atoms with Crippen molar-refractivity contribution in [3.63, 3.8) is 0 Å². The molecule has 0 aliphatic carbocycles. The van der Waals surface area contributed by atoms with E-state index >= 15 is 0 Å². The standard InChI is InChI=1S/C52H32N2O2/c1-2-14-35(15-3-1)53-43-21-8-6-17-41(43)49-44(53)22-11-23-45(49)54(46-24-12-26-48-50(46)42-18-7-9-25-47(42)55-48)36-30-27-34(28-31-36)38-19-10-20-39-40-32-29-33-13-4-5-16-37(33)52(40)56-51(38)39/h1-32H. The molecule has 262 valence electrons. The predicted molar refractivity (Wildman–Crippen MR) is 233 cm³/mol. The minimum absolute atomic E-state index is 0.855. The van der Waals surface area contributed by atoms with Crippen LogP contribution in [0, 0.1) is 0 Å². The number of benzene rings is 9. The summed E-state index contributed by atoms with van der Waals surface area (Å²) in [6.45, 7) is 0. The van der Waals surface area contributed by atoms with E-state index in [1.165, 1.54) is 16.2 Å². The molecular formula is C52H32N2O2. The molecule has 4 nitrogen and oxygen atoms in total. The molecule has 0 saturated heterocycles. The van der Waals surface area contributed by atoms with Gasteiger partial charge in [-0.3, -0.25) is 0 Å². The van der Waals surface area contributed by atoms with Crippen LogP contribution in [0.5, 0.6) is 0 Å². The predicted octanol–water partition coefficient (Wildman–Crippen LogP) is 14.9. The van der Waals surface area contributed by atoms with Crippen LogP contribution in [0.4, 0.5) is 17.1 Å². The van der Waals surface area contributed by atoms with Gasteiger partial charge in [0.25, 0.3) is 0 Å². The number of rotatable bonds is 5. The summed E-state index contributed by atoms with van der Waals surface area (Å²) in [6.07, 6.45) is 0. The van der Waals surface area contributed by atoms with E-state index in [0.29, 0.717) is 0 Å². The van der Waals surface area contributed by atoms with Crippen LogP contribution >= 0.6 is 0 Å². The van der Waals surface area contributed by atoms with Crippen molar-refractivity contribution in [3.8, 4) is 16.8 Å². The SMILES string of the molecule is c1ccc(-n2c3ccccc3c3c(N(c4ccc(-c5cccc6c5oc5c7ccccc7ccc65)cc4)c4cccc5oc6ccccc6c45)cccc32)cc1. The molecular weight excluding hydrogens is 685 g/mol. The van der Waals surface area contributed by atoms with Crippen molar-refractivity contribution < 1.29 is 8.83 Å². The van der Waals surface area contributed by atoms with Crippen LogP contribution in [0.3, 0.4) is 0 Å². The van der Waals surface area contributed by atoms with Crippen molar-refractivity contribution in [2.75, 3.05) is 4.90 Å². The highest BCUT2D eigenvalue weighted by molar-refractivity contribution is 6.20. The smallest absolute Gasteiger partial charge is 0.143 e. The molecule has 12 rings (SSSR count). The van der Waals surface area contributed by atoms with E-state index in [-0.39, 0.29) is 0 Å². The van der Waals surface area contributed by atoms with Crippen LogP contribution < -0.4 is 4.90 Å². The number of fused-ring (bicyclic) bond motifs is 11. The number of furan rings is 2. The first kappa shape index (κ1) is 30.9. The largest absolute Gasteiger partial charge is 0.456 e. The maximum absolute atomic E-state index is 6.75. The highest BCUT2D eigenvalue weighted by Crippen LogP contribution is 2.48. The third-order valence-corrected chi connectivity index (χ3v) is 11.4. The number of aromatic nitrogens is 1. The Kier molecular flexibility index (Phi) is 6.60. The van der Waals surface area contributed by atoms with E-state index in [1.54, 1.807) is 0 Å². The van der Waals surface area contributed by atoms with Crippen molar-refractivity contribution in [2.45, 2.75) is 0 Å². The number of anilines is 3. The monoisotopic (exact) mass is 716 g/mol. The van der Waals surface area contributed by atoms with E-state index in [0.717, 1.165) is 94.2 Å². The molecule has 0 unspecified atom stereocenters. The molecule has 3 aromatic heterocycles. The van der Waals surface area contributed by atoms with Gasteiger partial charge in [-0.2, -0.15) is 0 Å². The minimum atomic E-state index is 0.855. The summed E-state index contributed by atoms with van der Waals surface area (Å²) in [4.78, 5) is 2.41. The zero-order valence-corrected chi connectivity index (χ0v) is 30.2. The fourth-order valence-electron chi connectivity index (χ4n) is 8.94. The molecule has 9 aromatic carbocycles. The molecule has 0 radical (unpaired) electrons. The Morgan fingerprint density at radius 1 is 0.375 bits per heavy atom. The van der Waals surface area contributed by atoms with Gasteiger partial charge in [-0.1, -0.05) is 127 Å². The average Bonchev–Trinajstić information content (AvgIpc) is 3.95. The van der Waals surface area contributed by atoms with Crippen LogP contribution in [-0.2, 0) is 0 Å². The first-order valence-electron chi connectivity index (χ1n) is 19.0. The normalized spacial score (nSPS) is 11.9. The first-order chi connectivity index (χ1) is 27.8. The van der Waals surface area contributed by atoms with Gasteiger partial charge < -0.3 is 18.3 Å². The first-order valence-corrected chi connectivity index (χ1v) is 19.0. The molecule has 12 aromatic rings. The van der Waals surface area contributed by atoms with Crippen molar-refractivity contribution in [3.05, 3.63) is 194 Å². The zero-order chi connectivity index (χ0) is 36.7. The van der Waals surface area contributed by atoms with Crippen LogP contribution in [0.25, 0.3) is 93.3 Å². The van der Waals surface area contributed by atoms with E-state index in [4.69, 9.17) is 8.83 Å². The molecule has 0 N–H and O–H groups in total. The van der Waals surface area contributed by atoms with Gasteiger partial charge in [-0.15, -0.1) is 0 Å². The molecule has 0 bridgehead atoms. The Labute approximate surface area is 321 Å². The number of hydrogen-bond acceptors (Lipinski definition) is 3. The maximum atomic E-state index is 6.75. The number of para-hydroxylation sites is 4. The highest BCUT2D eigenvalue weighted by Gasteiger charge is 2.24. The lowest BCUT2D eigenvalue weighted by molar-refractivity contribution is 0.669. The molecule has 4 heteroatoms. The van der Waals surface area contributed by atoms with Gasteiger partial charge in [-0.05, 0) is 77.7 Å². The maximum Gasteiger partial charge on any atom is 0.143 e. The molecule has 0 aliphatic heterocycles. The molecule has 0 amide bonds. The van der Waals surface area contributed by atoms with Crippen molar-refractivity contribution in [2.24, 2.45) is 0 Å².